The smallest absolute Gasteiger partial charge is 0.185 e. The molecule has 5 heteroatoms. The van der Waals surface area contributed by atoms with Crippen molar-refractivity contribution in [2.45, 2.75) is 19.3 Å². The number of rotatable bonds is 2. The molecule has 0 amide bonds. The number of carbonyl (C=O) groups is 1. The van der Waals surface area contributed by atoms with E-state index in [0.29, 0.717) is 35.4 Å². The highest BCUT2D eigenvalue weighted by molar-refractivity contribution is 6.14. The Balaban J connectivity index is 1.89. The molecule has 5 nitrogen and oxygen atoms in total. The first-order chi connectivity index (χ1) is 11.9. The van der Waals surface area contributed by atoms with Crippen molar-refractivity contribution in [3.05, 3.63) is 58.7 Å². The summed E-state index contributed by atoms with van der Waals surface area (Å²) in [5.41, 5.74) is 14.7. The maximum absolute atomic E-state index is 12.7. The predicted octanol–water partition coefficient (Wildman–Crippen LogP) is 3.48. The van der Waals surface area contributed by atoms with Crippen LogP contribution < -0.4 is 11.5 Å². The lowest BCUT2D eigenvalue weighted by molar-refractivity contribution is -0.112. The lowest BCUT2D eigenvalue weighted by atomic mass is 9.87. The maximum atomic E-state index is 12.7. The molecule has 2 aromatic carbocycles. The molecule has 0 bridgehead atoms. The molecule has 1 aliphatic rings. The van der Waals surface area contributed by atoms with Crippen LogP contribution in [0.4, 0.5) is 11.4 Å². The third-order valence-corrected chi connectivity index (χ3v) is 4.27. The molecule has 0 aliphatic heterocycles. The van der Waals surface area contributed by atoms with Crippen molar-refractivity contribution >= 4 is 29.3 Å². The van der Waals surface area contributed by atoms with Gasteiger partial charge in [-0.25, -0.2) is 0 Å². The number of phenolic OH excluding ortho intramolecular Hbond substituents is 2. The number of aromatic hydroxyl groups is 2. The van der Waals surface area contributed by atoms with Crippen LogP contribution in [0.2, 0.25) is 0 Å². The molecule has 1 saturated carbocycles. The largest absolute Gasteiger partial charge is 0.506 e. The molecule has 6 N–H and O–H groups in total. The number of anilines is 2. The molecule has 0 atom stereocenters. The van der Waals surface area contributed by atoms with Crippen LogP contribution in [-0.2, 0) is 4.79 Å². The Bertz CT molecular complexity index is 826. The van der Waals surface area contributed by atoms with Gasteiger partial charge in [0.25, 0.3) is 0 Å². The molecule has 1 aliphatic carbocycles. The van der Waals surface area contributed by atoms with Gasteiger partial charge in [0.05, 0.1) is 11.4 Å². The summed E-state index contributed by atoms with van der Waals surface area (Å²) >= 11 is 0. The molecule has 0 unspecified atom stereocenters. The average Bonchev–Trinajstić information content (AvgIpc) is 2.58. The van der Waals surface area contributed by atoms with E-state index in [1.54, 1.807) is 48.6 Å². The quantitative estimate of drug-likeness (QED) is 0.381. The van der Waals surface area contributed by atoms with Crippen molar-refractivity contribution in [2.75, 3.05) is 11.5 Å². The van der Waals surface area contributed by atoms with Gasteiger partial charge >= 0.3 is 0 Å². The van der Waals surface area contributed by atoms with Crippen LogP contribution >= 0.6 is 0 Å². The van der Waals surface area contributed by atoms with Crippen LogP contribution in [0.5, 0.6) is 11.5 Å². The number of benzene rings is 2. The number of nitrogens with two attached hydrogens (primary N) is 2. The van der Waals surface area contributed by atoms with E-state index >= 15 is 0 Å². The summed E-state index contributed by atoms with van der Waals surface area (Å²) in [6, 6.07) is 9.86. The van der Waals surface area contributed by atoms with Crippen molar-refractivity contribution < 1.29 is 15.0 Å². The second-order valence-corrected chi connectivity index (χ2v) is 6.16. The van der Waals surface area contributed by atoms with Crippen molar-refractivity contribution in [1.82, 2.24) is 0 Å². The number of carbonyl (C=O) groups excluding carboxylic acids is 1. The first-order valence-corrected chi connectivity index (χ1v) is 8.07. The average molecular weight is 336 g/mol. The van der Waals surface area contributed by atoms with Gasteiger partial charge in [0.2, 0.25) is 0 Å². The number of Topliss-reactive ketones (excluding diaryl/α,β-unsaturated/α-hetero) is 1. The summed E-state index contributed by atoms with van der Waals surface area (Å²) in [6.45, 7) is 0. The first kappa shape index (κ1) is 16.6. The van der Waals surface area contributed by atoms with Gasteiger partial charge in [-0.3, -0.25) is 4.79 Å². The van der Waals surface area contributed by atoms with E-state index in [1.165, 1.54) is 0 Å². The van der Waals surface area contributed by atoms with Gasteiger partial charge in [0.15, 0.2) is 5.78 Å². The zero-order valence-electron chi connectivity index (χ0n) is 13.7. The molecule has 3 rings (SSSR count). The Morgan fingerprint density at radius 2 is 1.24 bits per heavy atom. The van der Waals surface area contributed by atoms with Gasteiger partial charge in [-0.1, -0.05) is 12.1 Å². The van der Waals surface area contributed by atoms with Gasteiger partial charge in [-0.05, 0) is 66.8 Å². The lowest BCUT2D eigenvalue weighted by Crippen LogP contribution is -2.12. The molecular formula is C20H20N2O3. The molecule has 128 valence electrons. The number of hydrogen-bond acceptors (Lipinski definition) is 5. The molecule has 25 heavy (non-hydrogen) atoms. The fraction of sp³-hybridized carbons (Fsp3) is 0.150. The van der Waals surface area contributed by atoms with Gasteiger partial charge in [-0.15, -0.1) is 0 Å². The molecule has 1 fully saturated rings. The highest BCUT2D eigenvalue weighted by Crippen LogP contribution is 2.30. The molecule has 0 spiro atoms. The Morgan fingerprint density at radius 1 is 0.800 bits per heavy atom. The second kappa shape index (κ2) is 6.73. The Kier molecular flexibility index (Phi) is 4.48. The van der Waals surface area contributed by atoms with E-state index in [4.69, 9.17) is 11.5 Å². The second-order valence-electron chi connectivity index (χ2n) is 6.16. The van der Waals surface area contributed by atoms with E-state index in [9.17, 15) is 15.0 Å². The topological polar surface area (TPSA) is 110 Å². The summed E-state index contributed by atoms with van der Waals surface area (Å²) in [5.74, 6) is -0.00433. The predicted molar refractivity (Wildman–Crippen MR) is 99.9 cm³/mol. The van der Waals surface area contributed by atoms with Crippen molar-refractivity contribution in [2.24, 2.45) is 0 Å². The van der Waals surface area contributed by atoms with Crippen molar-refractivity contribution in [3.63, 3.8) is 0 Å². The molecule has 0 saturated heterocycles. The zero-order chi connectivity index (χ0) is 18.0. The molecule has 0 radical (unpaired) electrons. The molecule has 0 aromatic heterocycles. The SMILES string of the molecule is Nc1ccc(/C=C2\CCC/C(=C\c3ccc(N)c(O)c3)C2=O)cc1O. The van der Waals surface area contributed by atoms with Crippen LogP contribution in [0.15, 0.2) is 47.5 Å². The van der Waals surface area contributed by atoms with E-state index in [0.717, 1.165) is 17.5 Å². The third kappa shape index (κ3) is 3.66. The summed E-state index contributed by atoms with van der Waals surface area (Å²) in [4.78, 5) is 12.7. The Labute approximate surface area is 145 Å². The summed E-state index contributed by atoms with van der Waals surface area (Å²) in [6.07, 6.45) is 5.82. The standard InChI is InChI=1S/C20H20N2O3/c21-16-6-4-12(10-18(16)23)8-14-2-1-3-15(20(14)25)9-13-5-7-17(22)19(24)11-13/h4-11,23-24H,1-3,21-22H2/b14-8+,15-9+. The van der Waals surface area contributed by atoms with Gasteiger partial charge in [-0.2, -0.15) is 0 Å². The third-order valence-electron chi connectivity index (χ3n) is 4.27. The number of phenols is 2. The van der Waals surface area contributed by atoms with Gasteiger partial charge in [0.1, 0.15) is 11.5 Å². The molecule has 0 heterocycles. The van der Waals surface area contributed by atoms with Crippen LogP contribution in [0.1, 0.15) is 30.4 Å². The highest BCUT2D eigenvalue weighted by Gasteiger charge is 2.20. The lowest BCUT2D eigenvalue weighted by Gasteiger charge is -2.17. The van der Waals surface area contributed by atoms with E-state index in [2.05, 4.69) is 0 Å². The minimum Gasteiger partial charge on any atom is -0.506 e. The number of allylic oxidation sites excluding steroid dienone is 2. The van der Waals surface area contributed by atoms with Crippen molar-refractivity contribution in [3.8, 4) is 11.5 Å². The summed E-state index contributed by atoms with van der Waals surface area (Å²) in [7, 11) is 0. The van der Waals surface area contributed by atoms with E-state index in [-0.39, 0.29) is 17.3 Å². The molecule has 2 aromatic rings. The fourth-order valence-electron chi connectivity index (χ4n) is 2.88. The normalized spacial score (nSPS) is 18.0. The number of hydrogen-bond donors (Lipinski definition) is 4. The van der Waals surface area contributed by atoms with Crippen LogP contribution in [0.25, 0.3) is 12.2 Å². The van der Waals surface area contributed by atoms with Crippen LogP contribution in [-0.4, -0.2) is 16.0 Å². The molecular weight excluding hydrogens is 316 g/mol. The first-order valence-electron chi connectivity index (χ1n) is 8.07. The van der Waals surface area contributed by atoms with E-state index in [1.807, 2.05) is 0 Å². The fourth-order valence-corrected chi connectivity index (χ4v) is 2.88. The number of nitrogen functional groups attached to an aromatic ring is 2. The number of ketones is 1. The summed E-state index contributed by atoms with van der Waals surface area (Å²) in [5, 5.41) is 19.4. The van der Waals surface area contributed by atoms with Gasteiger partial charge < -0.3 is 21.7 Å². The maximum Gasteiger partial charge on any atom is 0.185 e. The van der Waals surface area contributed by atoms with Gasteiger partial charge in [0, 0.05) is 11.1 Å². The van der Waals surface area contributed by atoms with Crippen LogP contribution in [0, 0.1) is 0 Å². The minimum atomic E-state index is -0.0149. The Morgan fingerprint density at radius 3 is 1.64 bits per heavy atom. The highest BCUT2D eigenvalue weighted by atomic mass is 16.3. The van der Waals surface area contributed by atoms with Crippen LogP contribution in [0.3, 0.4) is 0 Å². The Hall–Kier alpha value is -3.21. The summed E-state index contributed by atoms with van der Waals surface area (Å²) < 4.78 is 0. The minimum absolute atomic E-state index is 0.00530. The monoisotopic (exact) mass is 336 g/mol. The van der Waals surface area contributed by atoms with Crippen molar-refractivity contribution in [1.29, 1.82) is 0 Å². The zero-order valence-corrected chi connectivity index (χ0v) is 13.7. The van der Waals surface area contributed by atoms with E-state index < -0.39 is 0 Å².